The normalized spacial score (nSPS) is 15.2. The predicted octanol–water partition coefficient (Wildman–Crippen LogP) is 4.28. The van der Waals surface area contributed by atoms with Crippen LogP contribution < -0.4 is 15.8 Å². The number of aromatic nitrogens is 4. The summed E-state index contributed by atoms with van der Waals surface area (Å²) in [5.74, 6) is -1.38. The maximum Gasteiger partial charge on any atom is 0.328 e. The van der Waals surface area contributed by atoms with E-state index in [4.69, 9.17) is 20.7 Å². The van der Waals surface area contributed by atoms with Gasteiger partial charge in [0.1, 0.15) is 29.4 Å². The third-order valence-corrected chi connectivity index (χ3v) is 6.89. The second-order valence-corrected chi connectivity index (χ2v) is 9.35. The molecule has 200 valence electrons. The molecule has 5 rings (SSSR count). The first-order valence-electron chi connectivity index (χ1n) is 12.5. The van der Waals surface area contributed by atoms with Crippen molar-refractivity contribution in [1.29, 1.82) is 0 Å². The molecule has 0 aliphatic heterocycles. The largest absolute Gasteiger partial charge is 0.497 e. The van der Waals surface area contributed by atoms with Gasteiger partial charge in [0.05, 0.1) is 24.1 Å². The molecule has 11 heteroatoms. The van der Waals surface area contributed by atoms with Crippen molar-refractivity contribution in [3.8, 4) is 17.0 Å². The minimum atomic E-state index is -0.925. The van der Waals surface area contributed by atoms with Crippen molar-refractivity contribution < 1.29 is 23.8 Å². The Morgan fingerprint density at radius 3 is 2.62 bits per heavy atom. The molecule has 1 fully saturated rings. The number of aliphatic carboxylic acids is 1. The minimum absolute atomic E-state index is 0.0491. The molecule has 10 nitrogen and oxygen atoms in total. The lowest BCUT2D eigenvalue weighted by molar-refractivity contribution is -0.131. The van der Waals surface area contributed by atoms with Crippen molar-refractivity contribution >= 4 is 28.7 Å². The number of rotatable bonds is 7. The van der Waals surface area contributed by atoms with Crippen LogP contribution in [0.2, 0.25) is 0 Å². The Balaban J connectivity index is 1.35. The molecule has 0 radical (unpaired) electrons. The Labute approximate surface area is 223 Å². The first-order valence-corrected chi connectivity index (χ1v) is 12.5. The lowest BCUT2D eigenvalue weighted by Gasteiger charge is -2.24. The number of ether oxygens (including phenoxy) is 1. The van der Waals surface area contributed by atoms with Gasteiger partial charge in [0.15, 0.2) is 5.65 Å². The van der Waals surface area contributed by atoms with Crippen molar-refractivity contribution in [3.63, 3.8) is 0 Å². The lowest BCUT2D eigenvalue weighted by atomic mass is 9.90. The molecule has 0 saturated heterocycles. The number of nitrogens with zero attached hydrogens (tertiary/aromatic N) is 4. The summed E-state index contributed by atoms with van der Waals surface area (Å²) < 4.78 is 21.1. The lowest BCUT2D eigenvalue weighted by Crippen LogP contribution is -2.23. The third-order valence-electron chi connectivity index (χ3n) is 6.89. The van der Waals surface area contributed by atoms with E-state index in [0.29, 0.717) is 41.1 Å². The van der Waals surface area contributed by atoms with Crippen LogP contribution in [0.4, 0.5) is 10.2 Å². The average Bonchev–Trinajstić information content (AvgIpc) is 3.33. The average molecular weight is 531 g/mol. The maximum absolute atomic E-state index is 14.1. The van der Waals surface area contributed by atoms with Gasteiger partial charge in [-0.25, -0.2) is 23.8 Å². The number of allylic oxidation sites excluding steroid dienone is 1. The van der Waals surface area contributed by atoms with Gasteiger partial charge in [-0.3, -0.25) is 4.79 Å². The molecule has 0 bridgehead atoms. The second kappa shape index (κ2) is 10.9. The number of nitrogen functional groups attached to an aromatic ring is 1. The molecule has 4 aromatic rings. The molecule has 4 N–H and O–H groups in total. The number of hydrogen-bond acceptors (Lipinski definition) is 7. The van der Waals surface area contributed by atoms with E-state index in [1.54, 1.807) is 0 Å². The highest BCUT2D eigenvalue weighted by Gasteiger charge is 2.25. The molecule has 1 amide bonds. The second-order valence-electron chi connectivity index (χ2n) is 9.35. The summed E-state index contributed by atoms with van der Waals surface area (Å²) >= 11 is 0. The zero-order valence-corrected chi connectivity index (χ0v) is 21.2. The van der Waals surface area contributed by atoms with E-state index < -0.39 is 17.7 Å². The Morgan fingerprint density at radius 2 is 1.92 bits per heavy atom. The summed E-state index contributed by atoms with van der Waals surface area (Å²) in [5.41, 5.74) is 9.96. The van der Waals surface area contributed by atoms with Crippen LogP contribution in [0.25, 0.3) is 22.3 Å². The SMILES string of the molecule is COc1ccc(F)c(C(=O)NCc2ccc(-c3nn(C4CCC(=CC(=O)O)CC4)c4ncnc(N)c34)cc2)c1. The van der Waals surface area contributed by atoms with Crippen LogP contribution in [0, 0.1) is 5.82 Å². The van der Waals surface area contributed by atoms with Gasteiger partial charge in [-0.05, 0) is 49.4 Å². The maximum atomic E-state index is 14.1. The number of fused-ring (bicyclic) bond motifs is 1. The van der Waals surface area contributed by atoms with Crippen LogP contribution in [0.5, 0.6) is 5.75 Å². The Bertz CT molecular complexity index is 1570. The number of nitrogens with two attached hydrogens (primary N) is 1. The number of methoxy groups -OCH3 is 1. The number of carboxylic acid groups (broad SMARTS) is 1. The van der Waals surface area contributed by atoms with Gasteiger partial charge in [-0.2, -0.15) is 5.10 Å². The van der Waals surface area contributed by atoms with Crippen LogP contribution in [-0.4, -0.2) is 43.8 Å². The fraction of sp³-hybridized carbons (Fsp3) is 0.250. The van der Waals surface area contributed by atoms with E-state index in [-0.39, 0.29) is 18.2 Å². The van der Waals surface area contributed by atoms with Gasteiger partial charge < -0.3 is 20.9 Å². The number of nitrogens with one attached hydrogen (secondary N) is 1. The summed E-state index contributed by atoms with van der Waals surface area (Å²) in [7, 11) is 1.45. The van der Waals surface area contributed by atoms with Gasteiger partial charge in [0.2, 0.25) is 0 Å². The molecule has 1 aliphatic carbocycles. The van der Waals surface area contributed by atoms with Crippen molar-refractivity contribution in [2.24, 2.45) is 0 Å². The van der Waals surface area contributed by atoms with E-state index in [0.717, 1.165) is 29.5 Å². The van der Waals surface area contributed by atoms with Crippen LogP contribution in [-0.2, 0) is 11.3 Å². The quantitative estimate of drug-likeness (QED) is 0.300. The number of carbonyl (C=O) groups excluding carboxylic acids is 1. The zero-order valence-electron chi connectivity index (χ0n) is 21.2. The van der Waals surface area contributed by atoms with E-state index in [2.05, 4.69) is 15.3 Å². The highest BCUT2D eigenvalue weighted by atomic mass is 19.1. The number of amides is 1. The number of carbonyl (C=O) groups is 2. The molecule has 1 saturated carbocycles. The summed E-state index contributed by atoms with van der Waals surface area (Å²) in [4.78, 5) is 32.2. The van der Waals surface area contributed by atoms with E-state index >= 15 is 0 Å². The van der Waals surface area contributed by atoms with E-state index in [1.807, 2.05) is 28.9 Å². The predicted molar refractivity (Wildman–Crippen MR) is 143 cm³/mol. The first kappa shape index (κ1) is 25.8. The molecule has 1 aliphatic rings. The molecule has 39 heavy (non-hydrogen) atoms. The van der Waals surface area contributed by atoms with Gasteiger partial charge in [0.25, 0.3) is 5.91 Å². The van der Waals surface area contributed by atoms with Crippen LogP contribution >= 0.6 is 0 Å². The van der Waals surface area contributed by atoms with Crippen LogP contribution in [0.3, 0.4) is 0 Å². The monoisotopic (exact) mass is 530 g/mol. The highest BCUT2D eigenvalue weighted by Crippen LogP contribution is 2.37. The molecule has 0 atom stereocenters. The molecule has 0 spiro atoms. The van der Waals surface area contributed by atoms with Crippen LogP contribution in [0.15, 0.2) is 60.4 Å². The number of halogens is 1. The number of hydrogen-bond donors (Lipinski definition) is 3. The van der Waals surface area contributed by atoms with Gasteiger partial charge in [-0.1, -0.05) is 29.8 Å². The molecule has 2 aromatic heterocycles. The molecule has 2 aromatic carbocycles. The molecule has 2 heterocycles. The zero-order chi connectivity index (χ0) is 27.5. The van der Waals surface area contributed by atoms with E-state index in [9.17, 15) is 14.0 Å². The fourth-order valence-electron chi connectivity index (χ4n) is 4.85. The first-order chi connectivity index (χ1) is 18.8. The Morgan fingerprint density at radius 1 is 1.18 bits per heavy atom. The number of benzene rings is 2. The van der Waals surface area contributed by atoms with Crippen molar-refractivity contribution in [2.45, 2.75) is 38.3 Å². The standard InChI is InChI=1S/C28H27FN6O4/c1-39-20-10-11-22(29)21(13-20)28(38)31-14-17-2-6-18(7-3-17)25-24-26(30)32-15-33-27(24)35(34-25)19-8-4-16(5-9-19)12-23(36)37/h2-3,6-7,10-13,15,19H,4-5,8-9,14H2,1H3,(H,31,38)(H,36,37)(H2,30,32,33). The van der Waals surface area contributed by atoms with Gasteiger partial charge >= 0.3 is 5.97 Å². The third kappa shape index (κ3) is 5.42. The number of anilines is 1. The summed E-state index contributed by atoms with van der Waals surface area (Å²) in [5, 5.41) is 17.3. The molecular weight excluding hydrogens is 503 g/mol. The Hall–Kier alpha value is -4.80. The summed E-state index contributed by atoms with van der Waals surface area (Å²) in [6.07, 6.45) is 5.54. The van der Waals surface area contributed by atoms with Crippen LogP contribution in [0.1, 0.15) is 47.6 Å². The molecule has 0 unspecified atom stereocenters. The van der Waals surface area contributed by atoms with Crippen molar-refractivity contribution in [1.82, 2.24) is 25.1 Å². The van der Waals surface area contributed by atoms with Gasteiger partial charge in [0, 0.05) is 18.2 Å². The van der Waals surface area contributed by atoms with E-state index in [1.165, 1.54) is 37.7 Å². The van der Waals surface area contributed by atoms with Crippen molar-refractivity contribution in [3.05, 3.63) is 77.4 Å². The molecular formula is C28H27FN6O4. The van der Waals surface area contributed by atoms with Crippen molar-refractivity contribution in [2.75, 3.05) is 12.8 Å². The highest BCUT2D eigenvalue weighted by molar-refractivity contribution is 5.98. The smallest absolute Gasteiger partial charge is 0.328 e. The van der Waals surface area contributed by atoms with Gasteiger partial charge in [-0.15, -0.1) is 0 Å². The summed E-state index contributed by atoms with van der Waals surface area (Å²) in [6.45, 7) is 0.199. The number of carboxylic acids is 1. The topological polar surface area (TPSA) is 145 Å². The Kier molecular flexibility index (Phi) is 7.22. The fourth-order valence-corrected chi connectivity index (χ4v) is 4.85. The minimum Gasteiger partial charge on any atom is -0.497 e. The summed E-state index contributed by atoms with van der Waals surface area (Å²) in [6, 6.07) is 11.5.